The number of rotatable bonds is 11. The summed E-state index contributed by atoms with van der Waals surface area (Å²) in [7, 11) is -2.02. The van der Waals surface area contributed by atoms with E-state index in [9.17, 15) is 0 Å². The topological polar surface area (TPSA) is 15.6 Å². The van der Waals surface area contributed by atoms with Crippen LogP contribution in [0.5, 0.6) is 0 Å². The monoisotopic (exact) mass is 1020 g/mol. The van der Waals surface area contributed by atoms with Gasteiger partial charge in [0.2, 0.25) is 0 Å². The summed E-state index contributed by atoms with van der Waals surface area (Å²) in [6, 6.07) is 81.4. The summed E-state index contributed by atoms with van der Waals surface area (Å²) >= 11 is 6.01. The fraction of sp³-hybridized carbons (Fsp3) is 0.0385. The van der Waals surface area contributed by atoms with Crippen LogP contribution in [0.1, 0.15) is 11.1 Å². The molecule has 8 rings (SSSR count). The first-order valence-corrected chi connectivity index (χ1v) is 23.8. The molecule has 0 atom stereocenters. The van der Waals surface area contributed by atoms with Crippen molar-refractivity contribution in [3.05, 3.63) is 248 Å². The van der Waals surface area contributed by atoms with Crippen molar-refractivity contribution in [2.75, 3.05) is 4.67 Å². The zero-order chi connectivity index (χ0) is 39.9. The van der Waals surface area contributed by atoms with E-state index < -0.39 is 23.9 Å². The van der Waals surface area contributed by atoms with Gasteiger partial charge in [-0.1, -0.05) is 240 Å². The normalized spacial score (nSPS) is 11.1. The molecule has 8 aromatic rings. The first kappa shape index (κ1) is 44.0. The Hall–Kier alpha value is -4.57. The average molecular weight is 1020 g/mol. The van der Waals surface area contributed by atoms with Gasteiger partial charge in [0.25, 0.3) is 0 Å². The number of aryl methyl sites for hydroxylation is 2. The van der Waals surface area contributed by atoms with Crippen molar-refractivity contribution in [1.82, 2.24) is 0 Å². The second kappa shape index (κ2) is 22.7. The maximum Gasteiger partial charge on any atom is 2.00 e. The summed E-state index contributed by atoms with van der Waals surface area (Å²) in [6.45, 7) is 4.19. The van der Waals surface area contributed by atoms with Crippen molar-refractivity contribution < 1.29 is 21.1 Å². The Morgan fingerprint density at radius 3 is 1.07 bits per heavy atom. The minimum Gasteiger partial charge on any atom is -0.742 e. The van der Waals surface area contributed by atoms with Crippen molar-refractivity contribution in [2.24, 2.45) is 4.99 Å². The van der Waals surface area contributed by atoms with Crippen molar-refractivity contribution in [2.45, 2.75) is 13.8 Å². The molecule has 8 aromatic carbocycles. The number of aliphatic imine (C=N–C) groups is 1. The molecule has 0 saturated heterocycles. The number of hydrogen-bond acceptors (Lipinski definition) is 2. The second-order valence-electron chi connectivity index (χ2n) is 13.5. The van der Waals surface area contributed by atoms with E-state index in [1.807, 2.05) is 18.2 Å². The maximum absolute atomic E-state index is 6.01. The van der Waals surface area contributed by atoms with E-state index in [-0.39, 0.29) is 21.1 Å². The van der Waals surface area contributed by atoms with E-state index in [2.05, 4.69) is 237 Å². The van der Waals surface area contributed by atoms with E-state index in [4.69, 9.17) is 17.6 Å². The summed E-state index contributed by atoms with van der Waals surface area (Å²) in [6.07, 6.45) is 0. The molecular weight excluding hydrogens is 973 g/mol. The van der Waals surface area contributed by atoms with Gasteiger partial charge in [0.15, 0.2) is 0 Å². The average Bonchev–Trinajstić information content (AvgIpc) is 3.29. The van der Waals surface area contributed by atoms with Gasteiger partial charge in [0, 0.05) is 16.3 Å². The zero-order valence-corrected chi connectivity index (χ0v) is 38.7. The Kier molecular flexibility index (Phi) is 16.9. The van der Waals surface area contributed by atoms with Gasteiger partial charge in [0.05, 0.1) is 13.8 Å². The summed E-state index contributed by atoms with van der Waals surface area (Å²) in [5.74, 6) is 2.61. The Morgan fingerprint density at radius 2 is 0.712 bits per heavy atom. The summed E-state index contributed by atoms with van der Waals surface area (Å²) < 4.78 is 2.25. The molecule has 0 spiro atoms. The Morgan fingerprint density at radius 1 is 0.407 bits per heavy atom. The molecule has 0 aliphatic rings. The van der Waals surface area contributed by atoms with Crippen LogP contribution in [-0.2, 0) is 33.7 Å². The van der Waals surface area contributed by atoms with Gasteiger partial charge in [-0.15, -0.1) is 0 Å². The number of nitrogens with zero attached hydrogens (tertiary/aromatic N) is 2. The molecular formula is C52H45N2P3PtS. The fourth-order valence-corrected chi connectivity index (χ4v) is 14.9. The van der Waals surface area contributed by atoms with Crippen molar-refractivity contribution in [3.8, 4) is 0 Å². The van der Waals surface area contributed by atoms with Crippen LogP contribution in [0.2, 0.25) is 0 Å². The number of hydrogen-bond donors (Lipinski definition) is 0. The molecule has 0 aliphatic heterocycles. The van der Waals surface area contributed by atoms with Crippen LogP contribution in [0.15, 0.2) is 236 Å². The van der Waals surface area contributed by atoms with Gasteiger partial charge >= 0.3 is 21.1 Å². The van der Waals surface area contributed by atoms with E-state index >= 15 is 0 Å². The van der Waals surface area contributed by atoms with Gasteiger partial charge < -0.3 is 17.3 Å². The molecule has 0 bridgehead atoms. The number of benzene rings is 8. The van der Waals surface area contributed by atoms with Crippen LogP contribution >= 0.6 is 23.9 Å². The van der Waals surface area contributed by atoms with E-state index in [1.54, 1.807) is 0 Å². The standard InChI is InChI=1S/C27H25N2PS.C25H21P2.Pt/c1-21-13-9-11-19-25(21)28-27(31)29(26-20-12-10-14-22(26)2)30(23-15-5-3-6-16-23)24-17-7-4-8-18-24;1-5-13-22(14-6-1)26(23-15-7-2-8-16-23)21-27(24-17-9-3-10-18-24)25-19-11-4-12-20-25;/h3-20H,1-2H3,(H,28,31);1-21H;/q;-1;+2/p-1. The Bertz CT molecular complexity index is 2280. The number of para-hydroxylation sites is 2. The van der Waals surface area contributed by atoms with Crippen LogP contribution in [0.25, 0.3) is 0 Å². The molecule has 294 valence electrons. The van der Waals surface area contributed by atoms with Crippen molar-refractivity contribution >= 4 is 84.9 Å². The molecule has 0 amide bonds. The van der Waals surface area contributed by atoms with E-state index in [0.717, 1.165) is 16.9 Å². The maximum atomic E-state index is 6.01. The SMILES string of the molecule is Cc1ccccc1N=C([S-])N(c1ccccc1C)P(c1ccccc1)c1ccccc1.[Pt+2].c1ccc(P([CH-]P(c2ccccc2)c2ccccc2)c2ccccc2)cc1. The predicted molar refractivity (Wildman–Crippen MR) is 261 cm³/mol. The molecule has 0 heterocycles. The first-order valence-electron chi connectivity index (χ1n) is 19.3. The Balaban J connectivity index is 0.000000197. The fourth-order valence-electron chi connectivity index (χ4n) is 6.49. The molecule has 0 fully saturated rings. The number of amidine groups is 1. The first-order chi connectivity index (χ1) is 28.6. The zero-order valence-electron chi connectivity index (χ0n) is 33.0. The van der Waals surface area contributed by atoms with Crippen LogP contribution in [0.4, 0.5) is 11.4 Å². The molecule has 2 nitrogen and oxygen atoms in total. The van der Waals surface area contributed by atoms with Gasteiger partial charge in [-0.3, -0.25) is 10.9 Å². The number of anilines is 1. The minimum atomic E-state index is -0.954. The van der Waals surface area contributed by atoms with Gasteiger partial charge in [-0.25, -0.2) is 0 Å². The predicted octanol–water partition coefficient (Wildman–Crippen LogP) is 11.8. The van der Waals surface area contributed by atoms with Crippen LogP contribution in [0.3, 0.4) is 0 Å². The Labute approximate surface area is 374 Å². The van der Waals surface area contributed by atoms with Crippen molar-refractivity contribution in [1.29, 1.82) is 0 Å². The molecule has 0 N–H and O–H groups in total. The molecule has 0 aliphatic carbocycles. The largest absolute Gasteiger partial charge is 2.00 e. The smallest absolute Gasteiger partial charge is 0.742 e. The molecule has 0 radical (unpaired) electrons. The third-order valence-electron chi connectivity index (χ3n) is 9.43. The van der Waals surface area contributed by atoms with E-state index in [1.165, 1.54) is 37.4 Å². The second-order valence-corrected chi connectivity index (χ2v) is 20.4. The van der Waals surface area contributed by atoms with Crippen LogP contribution in [0, 0.1) is 19.8 Å². The third kappa shape index (κ3) is 11.8. The van der Waals surface area contributed by atoms with Gasteiger partial charge in [0.1, 0.15) is 0 Å². The van der Waals surface area contributed by atoms with Crippen LogP contribution < -0.4 is 36.5 Å². The molecule has 7 heteroatoms. The molecule has 0 saturated carbocycles. The van der Waals surface area contributed by atoms with Crippen molar-refractivity contribution in [3.63, 3.8) is 0 Å². The summed E-state index contributed by atoms with van der Waals surface area (Å²) in [4.78, 5) is 4.92. The van der Waals surface area contributed by atoms with Gasteiger partial charge in [-0.05, 0) is 42.3 Å². The summed E-state index contributed by atoms with van der Waals surface area (Å²) in [5.41, 5.74) is 4.27. The quantitative estimate of drug-likeness (QED) is 0.0422. The van der Waals surface area contributed by atoms with Crippen LogP contribution in [-0.4, -0.2) is 5.17 Å². The third-order valence-corrected chi connectivity index (χ3v) is 17.5. The molecule has 0 unspecified atom stereocenters. The summed E-state index contributed by atoms with van der Waals surface area (Å²) in [5, 5.41) is 8.64. The molecule has 59 heavy (non-hydrogen) atoms. The van der Waals surface area contributed by atoms with Gasteiger partial charge in [-0.2, -0.15) is 15.8 Å². The molecule has 0 aromatic heterocycles. The minimum absolute atomic E-state index is 0. The van der Waals surface area contributed by atoms with E-state index in [0.29, 0.717) is 5.17 Å².